The predicted octanol–water partition coefficient (Wildman–Crippen LogP) is 9.49. The highest BCUT2D eigenvalue weighted by Crippen LogP contribution is 2.44. The van der Waals surface area contributed by atoms with E-state index in [4.69, 9.17) is 69.6 Å². The van der Waals surface area contributed by atoms with E-state index < -0.39 is 28.9 Å². The monoisotopic (exact) mass is 521 g/mol. The summed E-state index contributed by atoms with van der Waals surface area (Å²) in [4.78, 5) is 3.41. The second kappa shape index (κ2) is 8.29. The summed E-state index contributed by atoms with van der Waals surface area (Å²) >= 11 is 35.8. The van der Waals surface area contributed by atoms with Gasteiger partial charge in [-0.3, -0.25) is 0 Å². The van der Waals surface area contributed by atoms with Crippen LogP contribution in [0.3, 0.4) is 0 Å². The van der Waals surface area contributed by atoms with Gasteiger partial charge in [0.05, 0.1) is 30.1 Å². The predicted molar refractivity (Wildman–Crippen MR) is 110 cm³/mol. The van der Waals surface area contributed by atoms with Crippen LogP contribution in [0.1, 0.15) is 5.69 Å². The van der Waals surface area contributed by atoms with E-state index in [1.165, 1.54) is 24.3 Å². The number of pyridine rings is 1. The van der Waals surface area contributed by atoms with Gasteiger partial charge < -0.3 is 0 Å². The quantitative estimate of drug-likeness (QED) is 0.241. The molecule has 0 N–H and O–H groups in total. The van der Waals surface area contributed by atoms with E-state index in [0.29, 0.717) is 6.07 Å². The molecule has 0 radical (unpaired) electrons. The van der Waals surface area contributed by atoms with Crippen LogP contribution >= 0.6 is 69.6 Å². The lowest BCUT2D eigenvalue weighted by Gasteiger charge is -2.16. The lowest BCUT2D eigenvalue weighted by atomic mass is 10.0. The SMILES string of the molecule is Fc1c(-c2ccc(Cl)c(Cl)c2Cl)cc(C(F)(F)F)nc1-c1ccc(Cl)c(Cl)c1Cl. The molecule has 0 atom stereocenters. The number of hydrogen-bond acceptors (Lipinski definition) is 1. The van der Waals surface area contributed by atoms with Crippen molar-refractivity contribution in [1.82, 2.24) is 4.98 Å². The minimum atomic E-state index is -4.89. The van der Waals surface area contributed by atoms with Crippen molar-refractivity contribution < 1.29 is 17.6 Å². The highest BCUT2D eigenvalue weighted by Gasteiger charge is 2.35. The van der Waals surface area contributed by atoms with Crippen molar-refractivity contribution in [3.8, 4) is 22.4 Å². The van der Waals surface area contributed by atoms with E-state index in [-0.39, 0.29) is 41.3 Å². The summed E-state index contributed by atoms with van der Waals surface area (Å²) in [5.74, 6) is -1.11. The van der Waals surface area contributed by atoms with Crippen LogP contribution < -0.4 is 0 Å². The van der Waals surface area contributed by atoms with Crippen molar-refractivity contribution in [2.24, 2.45) is 0 Å². The average Bonchev–Trinajstić information content (AvgIpc) is 2.65. The normalized spacial score (nSPS) is 11.8. The van der Waals surface area contributed by atoms with E-state index in [1.54, 1.807) is 0 Å². The van der Waals surface area contributed by atoms with Gasteiger partial charge in [0.15, 0.2) is 5.82 Å². The Labute approximate surface area is 192 Å². The molecular formula is C18H5Cl6F4N. The molecule has 0 aliphatic carbocycles. The van der Waals surface area contributed by atoms with Crippen LogP contribution in [0.4, 0.5) is 17.6 Å². The summed E-state index contributed by atoms with van der Waals surface area (Å²) in [5, 5.41) is -0.665. The minimum absolute atomic E-state index is 0.0422. The summed E-state index contributed by atoms with van der Waals surface area (Å²) in [7, 11) is 0. The largest absolute Gasteiger partial charge is 0.433 e. The molecule has 3 rings (SSSR count). The molecule has 2 aromatic carbocycles. The Bertz CT molecular complexity index is 1050. The van der Waals surface area contributed by atoms with E-state index in [2.05, 4.69) is 4.98 Å². The fourth-order valence-electron chi connectivity index (χ4n) is 2.49. The summed E-state index contributed by atoms with van der Waals surface area (Å²) in [6.45, 7) is 0. The Morgan fingerprint density at radius 3 is 1.66 bits per heavy atom. The van der Waals surface area contributed by atoms with Crippen LogP contribution in [0, 0.1) is 5.82 Å². The van der Waals surface area contributed by atoms with Gasteiger partial charge in [-0.05, 0) is 24.3 Å². The van der Waals surface area contributed by atoms with Gasteiger partial charge in [-0.1, -0.05) is 75.7 Å². The number of rotatable bonds is 2. The Hall–Kier alpha value is -0.950. The zero-order chi connectivity index (χ0) is 21.7. The third-order valence-corrected chi connectivity index (χ3v) is 6.45. The average molecular weight is 524 g/mol. The zero-order valence-corrected chi connectivity index (χ0v) is 18.1. The fraction of sp³-hybridized carbons (Fsp3) is 0.0556. The van der Waals surface area contributed by atoms with Crippen molar-refractivity contribution in [2.45, 2.75) is 6.18 Å². The maximum atomic E-state index is 15.3. The molecule has 0 spiro atoms. The Kier molecular flexibility index (Phi) is 6.50. The molecule has 0 unspecified atom stereocenters. The van der Waals surface area contributed by atoms with Gasteiger partial charge in [-0.25, -0.2) is 9.37 Å². The van der Waals surface area contributed by atoms with Crippen LogP contribution in [0.5, 0.6) is 0 Å². The van der Waals surface area contributed by atoms with Crippen molar-refractivity contribution in [3.05, 3.63) is 72.0 Å². The molecule has 1 nitrogen and oxygen atoms in total. The highest BCUT2D eigenvalue weighted by atomic mass is 35.5. The first kappa shape index (κ1) is 22.7. The number of halogens is 10. The van der Waals surface area contributed by atoms with Gasteiger partial charge in [0, 0.05) is 16.7 Å². The molecule has 0 amide bonds. The lowest BCUT2D eigenvalue weighted by Crippen LogP contribution is -2.11. The van der Waals surface area contributed by atoms with Gasteiger partial charge in [0.2, 0.25) is 0 Å². The Balaban J connectivity index is 2.40. The number of benzene rings is 2. The highest BCUT2D eigenvalue weighted by molar-refractivity contribution is 6.50. The van der Waals surface area contributed by atoms with E-state index in [9.17, 15) is 13.2 Å². The molecule has 29 heavy (non-hydrogen) atoms. The second-order valence-electron chi connectivity index (χ2n) is 5.66. The van der Waals surface area contributed by atoms with Gasteiger partial charge in [0.25, 0.3) is 0 Å². The number of hydrogen-bond donors (Lipinski definition) is 0. The van der Waals surface area contributed by atoms with Gasteiger partial charge in [-0.15, -0.1) is 0 Å². The van der Waals surface area contributed by atoms with Crippen LogP contribution in [0.15, 0.2) is 30.3 Å². The fourth-order valence-corrected chi connectivity index (χ4v) is 3.75. The molecule has 0 saturated carbocycles. The first-order valence-electron chi connectivity index (χ1n) is 7.49. The van der Waals surface area contributed by atoms with E-state index >= 15 is 4.39 Å². The summed E-state index contributed by atoms with van der Waals surface area (Å²) in [5.41, 5.74) is -2.83. The molecule has 1 aromatic heterocycles. The molecule has 0 aliphatic rings. The van der Waals surface area contributed by atoms with Gasteiger partial charge in [0.1, 0.15) is 11.4 Å². The van der Waals surface area contributed by atoms with Gasteiger partial charge >= 0.3 is 6.18 Å². The smallest absolute Gasteiger partial charge is 0.240 e. The van der Waals surface area contributed by atoms with E-state index in [0.717, 1.165) is 0 Å². The first-order valence-corrected chi connectivity index (χ1v) is 9.75. The number of aromatic nitrogens is 1. The molecule has 0 fully saturated rings. The Morgan fingerprint density at radius 1 is 0.655 bits per heavy atom. The van der Waals surface area contributed by atoms with Crippen molar-refractivity contribution in [1.29, 1.82) is 0 Å². The number of nitrogens with zero attached hydrogens (tertiary/aromatic N) is 1. The zero-order valence-electron chi connectivity index (χ0n) is 13.6. The van der Waals surface area contributed by atoms with Crippen molar-refractivity contribution >= 4 is 69.6 Å². The maximum absolute atomic E-state index is 15.3. The van der Waals surface area contributed by atoms with Gasteiger partial charge in [-0.2, -0.15) is 13.2 Å². The standard InChI is InChI=1S/C18H5Cl6F4N/c19-9-3-1-6(12(21)14(9)23)8-5-11(18(26,27)28)29-17(16(8)25)7-2-4-10(20)15(24)13(7)22/h1-5H. The molecule has 11 heteroatoms. The third-order valence-electron chi connectivity index (χ3n) is 3.86. The summed E-state index contributed by atoms with van der Waals surface area (Å²) in [6.07, 6.45) is -4.89. The minimum Gasteiger partial charge on any atom is -0.240 e. The topological polar surface area (TPSA) is 12.9 Å². The molecule has 0 saturated heterocycles. The second-order valence-corrected chi connectivity index (χ2v) is 7.99. The third kappa shape index (κ3) is 4.27. The molecular weight excluding hydrogens is 519 g/mol. The lowest BCUT2D eigenvalue weighted by molar-refractivity contribution is -0.141. The molecule has 0 aliphatic heterocycles. The molecule has 152 valence electrons. The van der Waals surface area contributed by atoms with Crippen LogP contribution in [-0.2, 0) is 6.18 Å². The summed E-state index contributed by atoms with van der Waals surface area (Å²) in [6, 6.07) is 5.52. The van der Waals surface area contributed by atoms with Crippen LogP contribution in [0.2, 0.25) is 30.1 Å². The number of alkyl halides is 3. The maximum Gasteiger partial charge on any atom is 0.433 e. The van der Waals surface area contributed by atoms with Crippen molar-refractivity contribution in [2.75, 3.05) is 0 Å². The van der Waals surface area contributed by atoms with Crippen LogP contribution in [0.25, 0.3) is 22.4 Å². The van der Waals surface area contributed by atoms with Crippen LogP contribution in [-0.4, -0.2) is 4.98 Å². The molecule has 1 heterocycles. The molecule has 3 aromatic rings. The van der Waals surface area contributed by atoms with E-state index in [1.807, 2.05) is 0 Å². The Morgan fingerprint density at radius 2 is 1.14 bits per heavy atom. The molecule has 0 bridgehead atoms. The van der Waals surface area contributed by atoms with Crippen molar-refractivity contribution in [3.63, 3.8) is 0 Å². The summed E-state index contributed by atoms with van der Waals surface area (Å²) < 4.78 is 55.7. The first-order chi connectivity index (χ1) is 13.4.